The minimum absolute atomic E-state index is 0.668. The number of hydrogen-bond donors (Lipinski definition) is 1. The van der Waals surface area contributed by atoms with Gasteiger partial charge in [0, 0.05) is 18.2 Å². The molecule has 1 N–H and O–H groups in total. The van der Waals surface area contributed by atoms with Crippen LogP contribution in [0.15, 0.2) is 18.2 Å². The Morgan fingerprint density at radius 2 is 2.00 bits per heavy atom. The average molecular weight is 235 g/mol. The SMILES string of the molecule is COc1cccc(CNC2CC(C)C2)c1OC. The Morgan fingerprint density at radius 3 is 2.59 bits per heavy atom. The van der Waals surface area contributed by atoms with E-state index in [1.165, 1.54) is 12.8 Å². The molecule has 0 saturated heterocycles. The molecular formula is C14H21NO2. The third kappa shape index (κ3) is 2.72. The van der Waals surface area contributed by atoms with E-state index in [9.17, 15) is 0 Å². The molecule has 17 heavy (non-hydrogen) atoms. The molecule has 3 heteroatoms. The number of ether oxygens (including phenoxy) is 2. The van der Waals surface area contributed by atoms with Gasteiger partial charge in [-0.25, -0.2) is 0 Å². The third-order valence-corrected chi connectivity index (χ3v) is 3.44. The van der Waals surface area contributed by atoms with Crippen molar-refractivity contribution in [2.75, 3.05) is 14.2 Å². The quantitative estimate of drug-likeness (QED) is 0.851. The Bertz CT molecular complexity index is 372. The summed E-state index contributed by atoms with van der Waals surface area (Å²) in [6.45, 7) is 3.14. The van der Waals surface area contributed by atoms with Gasteiger partial charge in [-0.05, 0) is 24.8 Å². The molecule has 2 rings (SSSR count). The molecule has 1 aliphatic rings. The summed E-state index contributed by atoms with van der Waals surface area (Å²) < 4.78 is 10.7. The van der Waals surface area contributed by atoms with Crippen molar-refractivity contribution in [2.24, 2.45) is 5.92 Å². The van der Waals surface area contributed by atoms with Gasteiger partial charge < -0.3 is 14.8 Å². The van der Waals surface area contributed by atoms with Crippen LogP contribution >= 0.6 is 0 Å². The molecule has 0 aromatic heterocycles. The molecule has 0 unspecified atom stereocenters. The number of hydrogen-bond acceptors (Lipinski definition) is 3. The minimum Gasteiger partial charge on any atom is -0.493 e. The predicted octanol–water partition coefficient (Wildman–Crippen LogP) is 2.59. The van der Waals surface area contributed by atoms with Gasteiger partial charge in [0.05, 0.1) is 14.2 Å². The van der Waals surface area contributed by atoms with Crippen LogP contribution in [-0.4, -0.2) is 20.3 Å². The van der Waals surface area contributed by atoms with Crippen LogP contribution in [0.1, 0.15) is 25.3 Å². The molecule has 0 spiro atoms. The molecule has 1 aromatic carbocycles. The Kier molecular flexibility index (Phi) is 3.89. The first-order valence-electron chi connectivity index (χ1n) is 6.17. The van der Waals surface area contributed by atoms with E-state index < -0.39 is 0 Å². The molecule has 0 amide bonds. The minimum atomic E-state index is 0.668. The van der Waals surface area contributed by atoms with Gasteiger partial charge in [0.25, 0.3) is 0 Å². The molecule has 0 aliphatic heterocycles. The summed E-state index contributed by atoms with van der Waals surface area (Å²) in [4.78, 5) is 0. The smallest absolute Gasteiger partial charge is 0.165 e. The standard InChI is InChI=1S/C14H21NO2/c1-10-7-12(8-10)15-9-11-5-4-6-13(16-2)14(11)17-3/h4-6,10,12,15H,7-9H2,1-3H3. The van der Waals surface area contributed by atoms with E-state index in [4.69, 9.17) is 9.47 Å². The first-order chi connectivity index (χ1) is 8.24. The summed E-state index contributed by atoms with van der Waals surface area (Å²) >= 11 is 0. The molecule has 1 fully saturated rings. The van der Waals surface area contributed by atoms with Crippen molar-refractivity contribution in [3.05, 3.63) is 23.8 Å². The molecule has 1 aliphatic carbocycles. The van der Waals surface area contributed by atoms with Crippen LogP contribution in [0.3, 0.4) is 0 Å². The van der Waals surface area contributed by atoms with Crippen molar-refractivity contribution in [1.82, 2.24) is 5.32 Å². The Morgan fingerprint density at radius 1 is 1.24 bits per heavy atom. The number of rotatable bonds is 5. The van der Waals surface area contributed by atoms with Crippen molar-refractivity contribution >= 4 is 0 Å². The normalized spacial score (nSPS) is 23.0. The van der Waals surface area contributed by atoms with Gasteiger partial charge in [0.15, 0.2) is 11.5 Å². The van der Waals surface area contributed by atoms with E-state index in [-0.39, 0.29) is 0 Å². The van der Waals surface area contributed by atoms with Crippen molar-refractivity contribution in [1.29, 1.82) is 0 Å². The molecule has 1 saturated carbocycles. The highest BCUT2D eigenvalue weighted by Gasteiger charge is 2.24. The van der Waals surface area contributed by atoms with E-state index in [0.717, 1.165) is 29.5 Å². The Labute approximate surface area is 103 Å². The van der Waals surface area contributed by atoms with Crippen molar-refractivity contribution in [3.63, 3.8) is 0 Å². The number of methoxy groups -OCH3 is 2. The van der Waals surface area contributed by atoms with Crippen LogP contribution in [0.25, 0.3) is 0 Å². The molecule has 3 nitrogen and oxygen atoms in total. The van der Waals surface area contributed by atoms with Crippen LogP contribution in [0, 0.1) is 5.92 Å². The zero-order valence-electron chi connectivity index (χ0n) is 10.8. The molecule has 1 aromatic rings. The van der Waals surface area contributed by atoms with Gasteiger partial charge in [-0.3, -0.25) is 0 Å². The second-order valence-corrected chi connectivity index (χ2v) is 4.81. The lowest BCUT2D eigenvalue weighted by Gasteiger charge is -2.33. The zero-order chi connectivity index (χ0) is 12.3. The van der Waals surface area contributed by atoms with Crippen LogP contribution < -0.4 is 14.8 Å². The maximum absolute atomic E-state index is 5.41. The average Bonchev–Trinajstić information content (AvgIpc) is 2.32. The predicted molar refractivity (Wildman–Crippen MR) is 68.6 cm³/mol. The summed E-state index contributed by atoms with van der Waals surface area (Å²) in [6.07, 6.45) is 2.57. The molecule has 0 bridgehead atoms. The molecule has 0 radical (unpaired) electrons. The number of benzene rings is 1. The van der Waals surface area contributed by atoms with Gasteiger partial charge in [-0.15, -0.1) is 0 Å². The highest BCUT2D eigenvalue weighted by Crippen LogP contribution is 2.32. The fraction of sp³-hybridized carbons (Fsp3) is 0.571. The number of nitrogens with one attached hydrogen (secondary N) is 1. The molecule has 0 heterocycles. The van der Waals surface area contributed by atoms with Gasteiger partial charge in [-0.1, -0.05) is 19.1 Å². The lowest BCUT2D eigenvalue weighted by atomic mass is 9.82. The third-order valence-electron chi connectivity index (χ3n) is 3.44. The Hall–Kier alpha value is -1.22. The van der Waals surface area contributed by atoms with Gasteiger partial charge >= 0.3 is 0 Å². The van der Waals surface area contributed by atoms with E-state index in [1.54, 1.807) is 14.2 Å². The van der Waals surface area contributed by atoms with Crippen molar-refractivity contribution < 1.29 is 9.47 Å². The van der Waals surface area contributed by atoms with Gasteiger partial charge in [0.2, 0.25) is 0 Å². The zero-order valence-corrected chi connectivity index (χ0v) is 10.8. The maximum atomic E-state index is 5.41. The van der Waals surface area contributed by atoms with Crippen molar-refractivity contribution in [3.8, 4) is 11.5 Å². The number of para-hydroxylation sites is 1. The van der Waals surface area contributed by atoms with Crippen LogP contribution in [0.5, 0.6) is 11.5 Å². The van der Waals surface area contributed by atoms with Crippen LogP contribution in [0.4, 0.5) is 0 Å². The highest BCUT2D eigenvalue weighted by atomic mass is 16.5. The van der Waals surface area contributed by atoms with Crippen LogP contribution in [0.2, 0.25) is 0 Å². The molecular weight excluding hydrogens is 214 g/mol. The first-order valence-corrected chi connectivity index (χ1v) is 6.17. The van der Waals surface area contributed by atoms with E-state index in [0.29, 0.717) is 6.04 Å². The second-order valence-electron chi connectivity index (χ2n) is 4.81. The lowest BCUT2D eigenvalue weighted by molar-refractivity contribution is 0.239. The Balaban J connectivity index is 1.99. The topological polar surface area (TPSA) is 30.5 Å². The van der Waals surface area contributed by atoms with E-state index in [1.807, 2.05) is 12.1 Å². The largest absolute Gasteiger partial charge is 0.493 e. The van der Waals surface area contributed by atoms with Crippen LogP contribution in [-0.2, 0) is 6.54 Å². The second kappa shape index (κ2) is 5.41. The summed E-state index contributed by atoms with van der Waals surface area (Å²) in [7, 11) is 3.36. The van der Waals surface area contributed by atoms with E-state index in [2.05, 4.69) is 18.3 Å². The summed E-state index contributed by atoms with van der Waals surface area (Å²) in [5.41, 5.74) is 1.16. The summed E-state index contributed by atoms with van der Waals surface area (Å²) in [5, 5.41) is 3.56. The lowest BCUT2D eigenvalue weighted by Crippen LogP contribution is -2.39. The van der Waals surface area contributed by atoms with E-state index >= 15 is 0 Å². The monoisotopic (exact) mass is 235 g/mol. The fourth-order valence-corrected chi connectivity index (χ4v) is 2.42. The fourth-order valence-electron chi connectivity index (χ4n) is 2.42. The van der Waals surface area contributed by atoms with Crippen molar-refractivity contribution in [2.45, 2.75) is 32.4 Å². The molecule has 94 valence electrons. The summed E-state index contributed by atoms with van der Waals surface area (Å²) in [5.74, 6) is 2.52. The highest BCUT2D eigenvalue weighted by molar-refractivity contribution is 5.46. The molecule has 0 atom stereocenters. The summed E-state index contributed by atoms with van der Waals surface area (Å²) in [6, 6.07) is 6.67. The maximum Gasteiger partial charge on any atom is 0.165 e. The first kappa shape index (κ1) is 12.2. The van der Waals surface area contributed by atoms with Gasteiger partial charge in [-0.2, -0.15) is 0 Å². The van der Waals surface area contributed by atoms with Gasteiger partial charge in [0.1, 0.15) is 0 Å².